The van der Waals surface area contributed by atoms with Crippen LogP contribution in [-0.4, -0.2) is 27.8 Å². The van der Waals surface area contributed by atoms with Crippen LogP contribution in [0.1, 0.15) is 32.2 Å². The Bertz CT molecular complexity index is 1110. The molecular weight excluding hydrogens is 386 g/mol. The fraction of sp³-hybridized carbons (Fsp3) is 0.318. The van der Waals surface area contributed by atoms with Gasteiger partial charge in [0.2, 0.25) is 5.91 Å². The van der Waals surface area contributed by atoms with Gasteiger partial charge in [0.1, 0.15) is 5.75 Å². The smallest absolute Gasteiger partial charge is 0.262 e. The molecule has 0 spiro atoms. The van der Waals surface area contributed by atoms with Crippen molar-refractivity contribution >= 4 is 34.3 Å². The van der Waals surface area contributed by atoms with Crippen LogP contribution in [0.25, 0.3) is 10.9 Å². The zero-order chi connectivity index (χ0) is 20.4. The number of benzene rings is 2. The number of ether oxygens (including phenoxy) is 1. The van der Waals surface area contributed by atoms with Crippen molar-refractivity contribution in [2.24, 2.45) is 0 Å². The van der Waals surface area contributed by atoms with Crippen molar-refractivity contribution in [2.45, 2.75) is 42.6 Å². The van der Waals surface area contributed by atoms with Crippen molar-refractivity contribution in [2.75, 3.05) is 12.4 Å². The minimum absolute atomic E-state index is 0.0244. The molecule has 0 unspecified atom stereocenters. The summed E-state index contributed by atoms with van der Waals surface area (Å²) in [6.45, 7) is 1.96. The number of carbonyl (C=O) groups is 1. The third-order valence-corrected chi connectivity index (χ3v) is 6.27. The zero-order valence-electron chi connectivity index (χ0n) is 16.4. The monoisotopic (exact) mass is 409 g/mol. The summed E-state index contributed by atoms with van der Waals surface area (Å²) in [5.74, 6) is 0.567. The van der Waals surface area contributed by atoms with Crippen LogP contribution in [0, 0.1) is 0 Å². The van der Waals surface area contributed by atoms with Gasteiger partial charge in [0.05, 0.1) is 23.3 Å². The molecule has 1 fully saturated rings. The lowest BCUT2D eigenvalue weighted by atomic mass is 10.2. The minimum atomic E-state index is -0.362. The molecule has 150 valence electrons. The van der Waals surface area contributed by atoms with E-state index in [-0.39, 0.29) is 22.8 Å². The molecule has 1 atom stereocenters. The second-order valence-electron chi connectivity index (χ2n) is 7.05. The fourth-order valence-corrected chi connectivity index (χ4v) is 4.32. The number of para-hydroxylation sites is 1. The van der Waals surface area contributed by atoms with Crippen LogP contribution in [0.4, 0.5) is 5.69 Å². The first-order valence-electron chi connectivity index (χ1n) is 9.73. The van der Waals surface area contributed by atoms with Gasteiger partial charge >= 0.3 is 0 Å². The Hall–Kier alpha value is -2.80. The number of fused-ring (bicyclic) bond motifs is 1. The third kappa shape index (κ3) is 4.15. The molecule has 0 radical (unpaired) electrons. The van der Waals surface area contributed by atoms with Crippen LogP contribution in [0.3, 0.4) is 0 Å². The van der Waals surface area contributed by atoms with Gasteiger partial charge in [-0.2, -0.15) is 0 Å². The Labute approximate surface area is 173 Å². The van der Waals surface area contributed by atoms with Gasteiger partial charge in [0, 0.05) is 17.8 Å². The summed E-state index contributed by atoms with van der Waals surface area (Å²) in [6.07, 6.45) is 2.56. The Morgan fingerprint density at radius 2 is 2.07 bits per heavy atom. The standard InChI is InChI=1S/C22H23N3O3S/c1-3-19(20(26)23-14-7-6-8-16(13-14)28-2)29-22-24-18-10-5-4-9-17(18)21(27)25(22)15-11-12-15/h4-10,13,15,19H,3,11-12H2,1-2H3,(H,23,26)/t19-/m0/s1. The molecule has 1 amide bonds. The van der Waals surface area contributed by atoms with Crippen LogP contribution >= 0.6 is 11.8 Å². The van der Waals surface area contributed by atoms with Crippen LogP contribution in [0.5, 0.6) is 5.75 Å². The summed E-state index contributed by atoms with van der Waals surface area (Å²) in [7, 11) is 1.59. The van der Waals surface area contributed by atoms with Crippen molar-refractivity contribution in [3.05, 3.63) is 58.9 Å². The number of rotatable bonds is 7. The average Bonchev–Trinajstić information content (AvgIpc) is 3.57. The van der Waals surface area contributed by atoms with E-state index in [1.165, 1.54) is 11.8 Å². The van der Waals surface area contributed by atoms with E-state index in [1.807, 2.05) is 49.4 Å². The molecule has 6 nitrogen and oxygen atoms in total. The number of amides is 1. The first-order valence-corrected chi connectivity index (χ1v) is 10.6. The second kappa shape index (κ2) is 8.29. The van der Waals surface area contributed by atoms with E-state index in [9.17, 15) is 9.59 Å². The van der Waals surface area contributed by atoms with Gasteiger partial charge in [0.15, 0.2) is 5.16 Å². The molecule has 3 aromatic rings. The first-order chi connectivity index (χ1) is 14.1. The van der Waals surface area contributed by atoms with Gasteiger partial charge in [-0.3, -0.25) is 14.2 Å². The number of hydrogen-bond acceptors (Lipinski definition) is 5. The third-order valence-electron chi connectivity index (χ3n) is 4.94. The SMILES string of the molecule is CC[C@H](Sc1nc2ccccc2c(=O)n1C1CC1)C(=O)Nc1cccc(OC)c1. The van der Waals surface area contributed by atoms with E-state index in [2.05, 4.69) is 5.32 Å². The average molecular weight is 410 g/mol. The van der Waals surface area contributed by atoms with Gasteiger partial charge in [0.25, 0.3) is 5.56 Å². The highest BCUT2D eigenvalue weighted by Crippen LogP contribution is 2.38. The van der Waals surface area contributed by atoms with E-state index in [4.69, 9.17) is 9.72 Å². The van der Waals surface area contributed by atoms with Crippen LogP contribution in [0.2, 0.25) is 0 Å². The number of aromatic nitrogens is 2. The number of methoxy groups -OCH3 is 1. The molecule has 0 bridgehead atoms. The molecule has 29 heavy (non-hydrogen) atoms. The summed E-state index contributed by atoms with van der Waals surface area (Å²) < 4.78 is 6.99. The maximum absolute atomic E-state index is 13.0. The molecule has 1 aliphatic carbocycles. The van der Waals surface area contributed by atoms with Gasteiger partial charge in [-0.15, -0.1) is 0 Å². The van der Waals surface area contributed by atoms with Crippen LogP contribution < -0.4 is 15.6 Å². The molecule has 1 heterocycles. The van der Waals surface area contributed by atoms with Gasteiger partial charge in [-0.25, -0.2) is 4.98 Å². The van der Waals surface area contributed by atoms with E-state index in [0.29, 0.717) is 33.9 Å². The molecule has 7 heteroatoms. The highest BCUT2D eigenvalue weighted by Gasteiger charge is 2.30. The number of anilines is 1. The lowest BCUT2D eigenvalue weighted by Gasteiger charge is -2.18. The lowest BCUT2D eigenvalue weighted by molar-refractivity contribution is -0.115. The topological polar surface area (TPSA) is 73.2 Å². The first kappa shape index (κ1) is 19.5. The van der Waals surface area contributed by atoms with Crippen molar-refractivity contribution in [3.8, 4) is 5.75 Å². The van der Waals surface area contributed by atoms with Crippen molar-refractivity contribution in [1.82, 2.24) is 9.55 Å². The van der Waals surface area contributed by atoms with Crippen LogP contribution in [0.15, 0.2) is 58.5 Å². The quantitative estimate of drug-likeness (QED) is 0.466. The Morgan fingerprint density at radius 1 is 1.28 bits per heavy atom. The molecular formula is C22H23N3O3S. The van der Waals surface area contributed by atoms with Gasteiger partial charge in [-0.05, 0) is 43.5 Å². The number of hydrogen-bond donors (Lipinski definition) is 1. The minimum Gasteiger partial charge on any atom is -0.497 e. The summed E-state index contributed by atoms with van der Waals surface area (Å²) >= 11 is 1.36. The number of nitrogens with one attached hydrogen (secondary N) is 1. The van der Waals surface area contributed by atoms with Crippen molar-refractivity contribution in [1.29, 1.82) is 0 Å². The predicted octanol–water partition coefficient (Wildman–Crippen LogP) is 4.25. The van der Waals surface area contributed by atoms with E-state index >= 15 is 0 Å². The molecule has 1 aromatic heterocycles. The maximum atomic E-state index is 13.0. The Morgan fingerprint density at radius 3 is 2.79 bits per heavy atom. The molecule has 4 rings (SSSR count). The van der Waals surface area contributed by atoms with Crippen molar-refractivity contribution in [3.63, 3.8) is 0 Å². The normalized spacial score (nSPS) is 14.6. The van der Waals surface area contributed by atoms with Crippen LogP contribution in [-0.2, 0) is 4.79 Å². The van der Waals surface area contributed by atoms with Gasteiger partial charge in [-0.1, -0.05) is 36.9 Å². The number of thioether (sulfide) groups is 1. The summed E-state index contributed by atoms with van der Waals surface area (Å²) in [5, 5.41) is 3.82. The molecule has 1 N–H and O–H groups in total. The number of carbonyl (C=O) groups excluding carboxylic acids is 1. The summed E-state index contributed by atoms with van der Waals surface area (Å²) in [4.78, 5) is 30.7. The Balaban J connectivity index is 1.62. The predicted molar refractivity (Wildman–Crippen MR) is 116 cm³/mol. The molecule has 1 aliphatic rings. The van der Waals surface area contributed by atoms with E-state index in [1.54, 1.807) is 17.7 Å². The second-order valence-corrected chi connectivity index (χ2v) is 8.22. The van der Waals surface area contributed by atoms with E-state index in [0.717, 1.165) is 12.8 Å². The number of nitrogens with zero attached hydrogens (tertiary/aromatic N) is 2. The maximum Gasteiger partial charge on any atom is 0.262 e. The zero-order valence-corrected chi connectivity index (χ0v) is 17.2. The molecule has 1 saturated carbocycles. The molecule has 0 saturated heterocycles. The Kier molecular flexibility index (Phi) is 5.58. The van der Waals surface area contributed by atoms with Gasteiger partial charge < -0.3 is 10.1 Å². The highest BCUT2D eigenvalue weighted by molar-refractivity contribution is 8.00. The molecule has 2 aromatic carbocycles. The largest absolute Gasteiger partial charge is 0.497 e. The van der Waals surface area contributed by atoms with Crippen molar-refractivity contribution < 1.29 is 9.53 Å². The molecule has 0 aliphatic heterocycles. The summed E-state index contributed by atoms with van der Waals surface area (Å²) in [5.41, 5.74) is 1.32. The van der Waals surface area contributed by atoms with E-state index < -0.39 is 0 Å². The highest BCUT2D eigenvalue weighted by atomic mass is 32.2. The summed E-state index contributed by atoms with van der Waals surface area (Å²) in [6, 6.07) is 14.8. The lowest BCUT2D eigenvalue weighted by Crippen LogP contribution is -2.28. The fourth-order valence-electron chi connectivity index (χ4n) is 3.24.